The molecule has 9 heteroatoms. The molecule has 4 rings (SSSR count). The zero-order valence-electron chi connectivity index (χ0n) is 21.3. The molecule has 0 spiro atoms. The number of ketones is 1. The molecule has 0 saturated carbocycles. The van der Waals surface area contributed by atoms with E-state index in [0.717, 1.165) is 11.1 Å². The van der Waals surface area contributed by atoms with E-state index in [2.05, 4.69) is 16.0 Å². The number of carbonyl (C=O) groups excluding carboxylic acids is 4. The summed E-state index contributed by atoms with van der Waals surface area (Å²) in [6.45, 7) is 3.65. The number of ether oxygens (including phenoxy) is 2. The summed E-state index contributed by atoms with van der Waals surface area (Å²) >= 11 is 0. The molecule has 2 aromatic rings. The highest BCUT2D eigenvalue weighted by Gasteiger charge is 2.50. The van der Waals surface area contributed by atoms with Gasteiger partial charge in [-0.1, -0.05) is 42.5 Å². The number of hydrogen-bond acceptors (Lipinski definition) is 6. The van der Waals surface area contributed by atoms with Crippen LogP contribution >= 0.6 is 0 Å². The molecule has 0 bridgehead atoms. The first-order valence-electron chi connectivity index (χ1n) is 12.4. The highest BCUT2D eigenvalue weighted by atomic mass is 16.6. The van der Waals surface area contributed by atoms with Crippen molar-refractivity contribution >= 4 is 23.5 Å². The van der Waals surface area contributed by atoms with Crippen LogP contribution in [0.3, 0.4) is 0 Å². The Morgan fingerprint density at radius 3 is 2.16 bits per heavy atom. The Bertz CT molecular complexity index is 1160. The molecular formula is C28H33N3O6. The average Bonchev–Trinajstić information content (AvgIpc) is 3.55. The van der Waals surface area contributed by atoms with Gasteiger partial charge < -0.3 is 25.4 Å². The minimum Gasteiger partial charge on any atom is -0.497 e. The Morgan fingerprint density at radius 2 is 1.59 bits per heavy atom. The van der Waals surface area contributed by atoms with Gasteiger partial charge in [-0.3, -0.25) is 19.2 Å². The summed E-state index contributed by atoms with van der Waals surface area (Å²) in [5.41, 5.74) is -0.347. The molecule has 3 N–H and O–H groups in total. The third-order valence-corrected chi connectivity index (χ3v) is 7.00. The van der Waals surface area contributed by atoms with Crippen molar-refractivity contribution in [2.24, 2.45) is 0 Å². The van der Waals surface area contributed by atoms with E-state index in [1.807, 2.05) is 42.5 Å². The van der Waals surface area contributed by atoms with E-state index in [1.165, 1.54) is 0 Å². The molecule has 4 atom stereocenters. The smallest absolute Gasteiger partial charge is 0.246 e. The molecule has 0 aromatic heterocycles. The largest absolute Gasteiger partial charge is 0.497 e. The van der Waals surface area contributed by atoms with Crippen LogP contribution in [0.5, 0.6) is 5.75 Å². The topological polar surface area (TPSA) is 126 Å². The Labute approximate surface area is 216 Å². The molecule has 2 saturated heterocycles. The fourth-order valence-corrected chi connectivity index (χ4v) is 4.44. The number of hydrogen-bond donors (Lipinski definition) is 3. The number of methoxy groups -OCH3 is 1. The number of nitrogens with one attached hydrogen (secondary N) is 3. The third-order valence-electron chi connectivity index (χ3n) is 7.00. The van der Waals surface area contributed by atoms with E-state index >= 15 is 0 Å². The van der Waals surface area contributed by atoms with E-state index < -0.39 is 35.0 Å². The molecule has 3 amide bonds. The molecule has 2 aliphatic heterocycles. The summed E-state index contributed by atoms with van der Waals surface area (Å²) in [4.78, 5) is 51.8. The predicted octanol–water partition coefficient (Wildman–Crippen LogP) is 1.48. The first-order valence-corrected chi connectivity index (χ1v) is 12.4. The maximum atomic E-state index is 13.6. The Balaban J connectivity index is 1.55. The summed E-state index contributed by atoms with van der Waals surface area (Å²) in [6, 6.07) is 14.8. The molecule has 37 heavy (non-hydrogen) atoms. The van der Waals surface area contributed by atoms with Gasteiger partial charge in [-0.25, -0.2) is 0 Å². The Hall–Kier alpha value is -3.72. The van der Waals surface area contributed by atoms with Crippen LogP contribution in [0, 0.1) is 0 Å². The molecule has 0 unspecified atom stereocenters. The van der Waals surface area contributed by atoms with Gasteiger partial charge in [0, 0.05) is 12.8 Å². The number of Topliss-reactive ketones (excluding diaryl/α,β-unsaturated/α-hetero) is 1. The highest BCUT2D eigenvalue weighted by Crippen LogP contribution is 2.29. The lowest BCUT2D eigenvalue weighted by molar-refractivity contribution is -0.135. The summed E-state index contributed by atoms with van der Waals surface area (Å²) in [5, 5.41) is 8.40. The lowest BCUT2D eigenvalue weighted by atomic mass is 9.94. The first-order chi connectivity index (χ1) is 17.6. The molecular weight excluding hydrogens is 474 g/mol. The fraction of sp³-hybridized carbons (Fsp3) is 0.429. The SMILES string of the molecule is COc1ccc(C[C@H](NC(=O)[C@]2(C)CCC(=O)N2)C(=O)N[C@@H](Cc2ccccc2)C(=O)[C@]2(C)CO2)cc1. The lowest BCUT2D eigenvalue weighted by Crippen LogP contribution is -2.59. The molecule has 2 aromatic carbocycles. The average molecular weight is 508 g/mol. The van der Waals surface area contributed by atoms with Crippen LogP contribution in [0.2, 0.25) is 0 Å². The standard InChI is InChI=1S/C28H33N3O6/c1-27(14-13-23(32)31-27)26(35)30-22(16-19-9-11-20(36-3)12-10-19)25(34)29-21(24(33)28(2)17-37-28)15-18-7-5-4-6-8-18/h4-12,21-22H,13-17H2,1-3H3,(H,29,34)(H,30,35)(H,31,32)/t21-,22-,27-,28-/m0/s1. The maximum Gasteiger partial charge on any atom is 0.246 e. The summed E-state index contributed by atoms with van der Waals surface area (Å²) in [5.74, 6) is -0.693. The van der Waals surface area contributed by atoms with Gasteiger partial charge in [0.05, 0.1) is 19.8 Å². The molecule has 0 aliphatic carbocycles. The van der Waals surface area contributed by atoms with Crippen molar-refractivity contribution in [3.8, 4) is 5.75 Å². The number of benzene rings is 2. The van der Waals surface area contributed by atoms with E-state index in [0.29, 0.717) is 25.2 Å². The van der Waals surface area contributed by atoms with Gasteiger partial charge in [0.2, 0.25) is 17.7 Å². The monoisotopic (exact) mass is 507 g/mol. The maximum absolute atomic E-state index is 13.6. The molecule has 2 aliphatic rings. The van der Waals surface area contributed by atoms with E-state index in [4.69, 9.17) is 9.47 Å². The van der Waals surface area contributed by atoms with Gasteiger partial charge in [0.25, 0.3) is 0 Å². The third kappa shape index (κ3) is 6.35. The van der Waals surface area contributed by atoms with Crippen LogP contribution < -0.4 is 20.7 Å². The summed E-state index contributed by atoms with van der Waals surface area (Å²) < 4.78 is 10.6. The number of carbonyl (C=O) groups is 4. The van der Waals surface area contributed by atoms with E-state index in [1.54, 1.807) is 33.1 Å². The van der Waals surface area contributed by atoms with Gasteiger partial charge in [-0.05, 0) is 49.9 Å². The fourth-order valence-electron chi connectivity index (χ4n) is 4.44. The predicted molar refractivity (Wildman–Crippen MR) is 136 cm³/mol. The van der Waals surface area contributed by atoms with Crippen molar-refractivity contribution in [2.45, 2.75) is 62.8 Å². The molecule has 196 valence electrons. The zero-order chi connectivity index (χ0) is 26.6. The van der Waals surface area contributed by atoms with Crippen molar-refractivity contribution in [1.29, 1.82) is 0 Å². The van der Waals surface area contributed by atoms with Gasteiger partial charge in [0.1, 0.15) is 22.9 Å². The van der Waals surface area contributed by atoms with Gasteiger partial charge >= 0.3 is 0 Å². The van der Waals surface area contributed by atoms with Crippen LogP contribution in [-0.2, 0) is 36.8 Å². The van der Waals surface area contributed by atoms with Crippen LogP contribution in [0.15, 0.2) is 54.6 Å². The van der Waals surface area contributed by atoms with Crippen LogP contribution in [-0.4, -0.2) is 60.4 Å². The van der Waals surface area contributed by atoms with E-state index in [9.17, 15) is 19.2 Å². The van der Waals surface area contributed by atoms with Crippen molar-refractivity contribution in [3.05, 3.63) is 65.7 Å². The number of amides is 3. The first kappa shape index (κ1) is 26.3. The van der Waals surface area contributed by atoms with Crippen molar-refractivity contribution < 1.29 is 28.7 Å². The minimum absolute atomic E-state index is 0.186. The van der Waals surface area contributed by atoms with Crippen molar-refractivity contribution in [1.82, 2.24) is 16.0 Å². The Kier molecular flexibility index (Phi) is 7.63. The van der Waals surface area contributed by atoms with E-state index in [-0.39, 0.29) is 24.5 Å². The second-order valence-corrected chi connectivity index (χ2v) is 10.1. The van der Waals surface area contributed by atoms with Gasteiger partial charge in [-0.2, -0.15) is 0 Å². The summed E-state index contributed by atoms with van der Waals surface area (Å²) in [6.07, 6.45) is 1.05. The minimum atomic E-state index is -1.11. The highest BCUT2D eigenvalue weighted by molar-refractivity contribution is 5.99. The van der Waals surface area contributed by atoms with Gasteiger partial charge in [0.15, 0.2) is 5.78 Å². The second kappa shape index (κ2) is 10.7. The van der Waals surface area contributed by atoms with Crippen molar-refractivity contribution in [3.63, 3.8) is 0 Å². The quantitative estimate of drug-likeness (QED) is 0.396. The number of rotatable bonds is 11. The second-order valence-electron chi connectivity index (χ2n) is 10.1. The van der Waals surface area contributed by atoms with Crippen LogP contribution in [0.4, 0.5) is 0 Å². The normalized spacial score (nSPS) is 23.9. The van der Waals surface area contributed by atoms with Crippen LogP contribution in [0.1, 0.15) is 37.8 Å². The zero-order valence-corrected chi connectivity index (χ0v) is 21.3. The summed E-state index contributed by atoms with van der Waals surface area (Å²) in [7, 11) is 1.57. The Morgan fingerprint density at radius 1 is 0.973 bits per heavy atom. The van der Waals surface area contributed by atoms with Gasteiger partial charge in [-0.15, -0.1) is 0 Å². The van der Waals surface area contributed by atoms with Crippen molar-refractivity contribution in [2.75, 3.05) is 13.7 Å². The molecule has 2 fully saturated rings. The number of epoxide rings is 1. The molecule has 0 radical (unpaired) electrons. The lowest BCUT2D eigenvalue weighted by Gasteiger charge is -2.28. The molecule has 9 nitrogen and oxygen atoms in total. The van der Waals surface area contributed by atoms with Crippen LogP contribution in [0.25, 0.3) is 0 Å². The molecule has 2 heterocycles.